The fourth-order valence-electron chi connectivity index (χ4n) is 2.82. The first-order valence-corrected chi connectivity index (χ1v) is 8.60. The van der Waals surface area contributed by atoms with E-state index in [9.17, 15) is 0 Å². The minimum Gasteiger partial charge on any atom is -0.389 e. The van der Waals surface area contributed by atoms with E-state index in [4.69, 9.17) is 15.8 Å². The highest BCUT2D eigenvalue weighted by atomic mass is 16.6. The minimum atomic E-state index is 0.190. The van der Waals surface area contributed by atoms with Crippen LogP contribution in [0.5, 0.6) is 0 Å². The maximum Gasteiger partial charge on any atom is 0.170 e. The number of nitrogens with two attached hydrogens (primary N) is 1. The summed E-state index contributed by atoms with van der Waals surface area (Å²) in [5.74, 6) is 0.291. The van der Waals surface area contributed by atoms with E-state index in [-0.39, 0.29) is 6.61 Å². The fourth-order valence-corrected chi connectivity index (χ4v) is 2.82. The Morgan fingerprint density at radius 2 is 2.00 bits per heavy atom. The molecule has 0 aliphatic rings. The van der Waals surface area contributed by atoms with E-state index >= 15 is 0 Å². The van der Waals surface area contributed by atoms with Crippen molar-refractivity contribution < 1.29 is 4.84 Å². The molecule has 6 heteroatoms. The van der Waals surface area contributed by atoms with Crippen LogP contribution in [0.15, 0.2) is 59.8 Å². The Kier molecular flexibility index (Phi) is 5.53. The van der Waals surface area contributed by atoms with Gasteiger partial charge in [0.15, 0.2) is 5.84 Å². The molecule has 0 unspecified atom stereocenters. The molecule has 3 rings (SSSR count). The lowest BCUT2D eigenvalue weighted by molar-refractivity contribution is 0.130. The third-order valence-electron chi connectivity index (χ3n) is 4.18. The van der Waals surface area contributed by atoms with Gasteiger partial charge in [-0.25, -0.2) is 0 Å². The Balaban J connectivity index is 1.69. The van der Waals surface area contributed by atoms with E-state index in [0.717, 1.165) is 28.1 Å². The highest BCUT2D eigenvalue weighted by molar-refractivity contribution is 5.97. The Bertz CT molecular complexity index is 1010. The van der Waals surface area contributed by atoms with Gasteiger partial charge in [-0.15, -0.1) is 0 Å². The van der Waals surface area contributed by atoms with Gasteiger partial charge in [0, 0.05) is 16.8 Å². The van der Waals surface area contributed by atoms with Crippen molar-refractivity contribution in [3.05, 3.63) is 88.2 Å². The molecule has 0 radical (unpaired) electrons. The van der Waals surface area contributed by atoms with Crippen molar-refractivity contribution in [3.63, 3.8) is 0 Å². The molecule has 2 N–H and O–H groups in total. The summed E-state index contributed by atoms with van der Waals surface area (Å²) >= 11 is 0. The van der Waals surface area contributed by atoms with Crippen molar-refractivity contribution in [2.45, 2.75) is 27.0 Å². The molecule has 0 fully saturated rings. The zero-order valence-electron chi connectivity index (χ0n) is 15.4. The molecule has 0 atom stereocenters. The van der Waals surface area contributed by atoms with Crippen molar-refractivity contribution in [3.8, 4) is 6.07 Å². The highest BCUT2D eigenvalue weighted by Gasteiger charge is 2.06. The van der Waals surface area contributed by atoms with Crippen LogP contribution in [0.25, 0.3) is 0 Å². The molecule has 1 heterocycles. The molecule has 27 heavy (non-hydrogen) atoms. The number of nitrogens with zero attached hydrogens (tertiary/aromatic N) is 4. The van der Waals surface area contributed by atoms with Gasteiger partial charge in [0.25, 0.3) is 0 Å². The van der Waals surface area contributed by atoms with Crippen molar-refractivity contribution >= 4 is 5.84 Å². The third kappa shape index (κ3) is 4.53. The van der Waals surface area contributed by atoms with Gasteiger partial charge in [-0.05, 0) is 37.6 Å². The lowest BCUT2D eigenvalue weighted by Crippen LogP contribution is -2.14. The maximum absolute atomic E-state index is 9.10. The molecule has 3 aromatic rings. The van der Waals surface area contributed by atoms with Crippen molar-refractivity contribution in [2.75, 3.05) is 0 Å². The molecule has 0 spiro atoms. The van der Waals surface area contributed by atoms with Crippen LogP contribution < -0.4 is 5.73 Å². The monoisotopic (exact) mass is 359 g/mol. The summed E-state index contributed by atoms with van der Waals surface area (Å²) in [6.45, 7) is 4.87. The van der Waals surface area contributed by atoms with Crippen molar-refractivity contribution in [1.82, 2.24) is 9.78 Å². The average molecular weight is 359 g/mol. The first kappa shape index (κ1) is 18.2. The smallest absolute Gasteiger partial charge is 0.170 e. The summed E-state index contributed by atoms with van der Waals surface area (Å²) in [5.41, 5.74) is 11.4. The number of benzene rings is 2. The molecule has 1 aromatic heterocycles. The molecule has 0 aliphatic heterocycles. The van der Waals surface area contributed by atoms with Crippen LogP contribution >= 0.6 is 0 Å². The van der Waals surface area contributed by atoms with Crippen LogP contribution in [0.1, 0.15) is 33.6 Å². The highest BCUT2D eigenvalue weighted by Crippen LogP contribution is 2.11. The number of rotatable bonds is 6. The second-order valence-corrected chi connectivity index (χ2v) is 6.30. The summed E-state index contributed by atoms with van der Waals surface area (Å²) in [4.78, 5) is 5.35. The Hall–Kier alpha value is -3.59. The van der Waals surface area contributed by atoms with Crippen LogP contribution in [0.4, 0.5) is 0 Å². The topological polar surface area (TPSA) is 89.2 Å². The zero-order valence-corrected chi connectivity index (χ0v) is 15.4. The van der Waals surface area contributed by atoms with Crippen LogP contribution in [-0.4, -0.2) is 15.6 Å². The van der Waals surface area contributed by atoms with Gasteiger partial charge in [0.05, 0.1) is 23.9 Å². The SMILES string of the molecule is Cc1cc(C)n(Cc2cccc(/C(N)=N/OCc3ccccc3C#N)c2)n1. The van der Waals surface area contributed by atoms with Crippen molar-refractivity contribution in [1.29, 1.82) is 5.26 Å². The second-order valence-electron chi connectivity index (χ2n) is 6.30. The molecule has 0 saturated heterocycles. The van der Waals surface area contributed by atoms with E-state index in [1.54, 1.807) is 6.07 Å². The largest absolute Gasteiger partial charge is 0.389 e. The van der Waals surface area contributed by atoms with Gasteiger partial charge < -0.3 is 10.6 Å². The number of amidine groups is 1. The molecule has 136 valence electrons. The van der Waals surface area contributed by atoms with E-state index in [0.29, 0.717) is 17.9 Å². The summed E-state index contributed by atoms with van der Waals surface area (Å²) in [6, 6.07) is 19.2. The summed E-state index contributed by atoms with van der Waals surface area (Å²) in [6.07, 6.45) is 0. The lowest BCUT2D eigenvalue weighted by atomic mass is 10.1. The minimum absolute atomic E-state index is 0.190. The predicted molar refractivity (Wildman–Crippen MR) is 104 cm³/mol. The third-order valence-corrected chi connectivity index (χ3v) is 4.18. The van der Waals surface area contributed by atoms with E-state index in [1.807, 2.05) is 67.1 Å². The number of hydrogen-bond acceptors (Lipinski definition) is 4. The van der Waals surface area contributed by atoms with Gasteiger partial charge in [-0.2, -0.15) is 10.4 Å². The van der Waals surface area contributed by atoms with Crippen LogP contribution in [0.3, 0.4) is 0 Å². The molecule has 0 aliphatic carbocycles. The second kappa shape index (κ2) is 8.19. The first-order chi connectivity index (χ1) is 13.1. The van der Waals surface area contributed by atoms with E-state index in [2.05, 4.69) is 16.3 Å². The normalized spacial score (nSPS) is 11.2. The average Bonchev–Trinajstić information content (AvgIpc) is 2.99. The molecule has 0 amide bonds. The number of nitriles is 1. The molecular weight excluding hydrogens is 338 g/mol. The Morgan fingerprint density at radius 1 is 1.19 bits per heavy atom. The Morgan fingerprint density at radius 3 is 2.74 bits per heavy atom. The fraction of sp³-hybridized carbons (Fsp3) is 0.190. The van der Waals surface area contributed by atoms with Gasteiger partial charge >= 0.3 is 0 Å². The lowest BCUT2D eigenvalue weighted by Gasteiger charge is -2.07. The van der Waals surface area contributed by atoms with E-state index in [1.165, 1.54) is 0 Å². The molecule has 6 nitrogen and oxygen atoms in total. The van der Waals surface area contributed by atoms with Crippen LogP contribution in [-0.2, 0) is 18.0 Å². The zero-order chi connectivity index (χ0) is 19.2. The molecule has 0 saturated carbocycles. The summed E-state index contributed by atoms with van der Waals surface area (Å²) < 4.78 is 1.96. The molecule has 2 aromatic carbocycles. The number of hydrogen-bond donors (Lipinski definition) is 1. The van der Waals surface area contributed by atoms with Gasteiger partial charge in [0.1, 0.15) is 6.61 Å². The van der Waals surface area contributed by atoms with Gasteiger partial charge in [0.2, 0.25) is 0 Å². The molecule has 0 bridgehead atoms. The summed E-state index contributed by atoms with van der Waals surface area (Å²) in [5, 5.41) is 17.6. The van der Waals surface area contributed by atoms with E-state index < -0.39 is 0 Å². The Labute approximate surface area is 158 Å². The van der Waals surface area contributed by atoms with Crippen LogP contribution in [0.2, 0.25) is 0 Å². The summed E-state index contributed by atoms with van der Waals surface area (Å²) in [7, 11) is 0. The van der Waals surface area contributed by atoms with Crippen LogP contribution in [0, 0.1) is 25.2 Å². The standard InChI is InChI=1S/C21H21N5O/c1-15-10-16(2)26(24-15)13-17-6-5-9-18(11-17)21(23)25-27-14-20-8-4-3-7-19(20)12-22/h3-11H,13-14H2,1-2H3,(H2,23,25). The first-order valence-electron chi connectivity index (χ1n) is 8.60. The maximum atomic E-state index is 9.10. The number of oxime groups is 1. The quantitative estimate of drug-likeness (QED) is 0.416. The van der Waals surface area contributed by atoms with Crippen molar-refractivity contribution in [2.24, 2.45) is 10.9 Å². The predicted octanol–water partition coefficient (Wildman–Crippen LogP) is 3.26. The molecular formula is C21H21N5O. The number of aryl methyl sites for hydroxylation is 2. The van der Waals surface area contributed by atoms with Gasteiger partial charge in [-0.1, -0.05) is 41.6 Å². The van der Waals surface area contributed by atoms with Gasteiger partial charge in [-0.3, -0.25) is 4.68 Å². The number of aromatic nitrogens is 2.